The molecule has 6 rings (SSSR count). The first-order valence-electron chi connectivity index (χ1n) is 9.31. The Labute approximate surface area is 164 Å². The first kappa shape index (κ1) is 15.9. The molecule has 136 valence electrons. The van der Waals surface area contributed by atoms with Crippen molar-refractivity contribution in [2.45, 2.75) is 6.92 Å². The van der Waals surface area contributed by atoms with Crippen molar-refractivity contribution in [1.29, 1.82) is 0 Å². The van der Waals surface area contributed by atoms with Crippen molar-refractivity contribution >= 4 is 44.7 Å². The molecule has 5 heteroatoms. The molecular formula is C24H13N4O-. The molecule has 0 saturated heterocycles. The molecule has 5 aromatic rings. The van der Waals surface area contributed by atoms with Gasteiger partial charge < -0.3 is 5.41 Å². The molecule has 0 amide bonds. The van der Waals surface area contributed by atoms with E-state index in [0.717, 1.165) is 22.0 Å². The summed E-state index contributed by atoms with van der Waals surface area (Å²) in [4.78, 5) is 23.0. The Morgan fingerprint density at radius 1 is 1.00 bits per heavy atom. The summed E-state index contributed by atoms with van der Waals surface area (Å²) in [7, 11) is 0. The molecule has 5 nitrogen and oxygen atoms in total. The van der Waals surface area contributed by atoms with Gasteiger partial charge in [0.15, 0.2) is 5.65 Å². The summed E-state index contributed by atoms with van der Waals surface area (Å²) < 4.78 is 1.54. The number of nitrogens with zero attached hydrogens (tertiary/aromatic N) is 4. The summed E-state index contributed by atoms with van der Waals surface area (Å²) in [5, 5.41) is 12.4. The molecule has 1 aliphatic rings. The molecule has 1 aliphatic heterocycles. The van der Waals surface area contributed by atoms with Gasteiger partial charge in [-0.05, 0) is 36.1 Å². The summed E-state index contributed by atoms with van der Waals surface area (Å²) in [6.45, 7) is 1.81. The van der Waals surface area contributed by atoms with Crippen LogP contribution in [0.15, 0.2) is 70.5 Å². The first-order chi connectivity index (χ1) is 14.2. The lowest BCUT2D eigenvalue weighted by molar-refractivity contribution is 1.11. The number of benzene rings is 3. The van der Waals surface area contributed by atoms with E-state index in [1.807, 2.05) is 60.7 Å². The fraction of sp³-hybridized carbons (Fsp3) is 0.0417. The normalized spacial score (nSPS) is 12.7. The molecule has 29 heavy (non-hydrogen) atoms. The lowest BCUT2D eigenvalue weighted by Crippen LogP contribution is -2.31. The maximum atomic E-state index is 13.7. The monoisotopic (exact) mass is 373 g/mol. The Balaban J connectivity index is 1.82. The van der Waals surface area contributed by atoms with Crippen LogP contribution >= 0.6 is 0 Å². The fourth-order valence-electron chi connectivity index (χ4n) is 4.36. The minimum atomic E-state index is -0.200. The molecule has 0 radical (unpaired) electrons. The molecule has 3 heterocycles. The Hall–Kier alpha value is -4.08. The van der Waals surface area contributed by atoms with Crippen molar-refractivity contribution in [3.63, 3.8) is 0 Å². The Kier molecular flexibility index (Phi) is 3.01. The van der Waals surface area contributed by atoms with E-state index in [-0.39, 0.29) is 5.56 Å². The molecule has 0 aliphatic carbocycles. The van der Waals surface area contributed by atoms with E-state index in [9.17, 15) is 10.2 Å². The Morgan fingerprint density at radius 3 is 2.62 bits per heavy atom. The number of pyridine rings is 1. The predicted octanol–water partition coefficient (Wildman–Crippen LogP) is 3.42. The van der Waals surface area contributed by atoms with Gasteiger partial charge in [-0.3, -0.25) is 15.1 Å². The number of hydrogen-bond acceptors (Lipinski definition) is 3. The second-order valence-corrected chi connectivity index (χ2v) is 7.19. The fourth-order valence-corrected chi connectivity index (χ4v) is 4.36. The second kappa shape index (κ2) is 5.47. The van der Waals surface area contributed by atoms with E-state index in [1.54, 1.807) is 11.3 Å². The van der Waals surface area contributed by atoms with Crippen molar-refractivity contribution in [1.82, 2.24) is 9.38 Å². The van der Waals surface area contributed by atoms with Crippen LogP contribution in [-0.2, 0) is 0 Å². The van der Waals surface area contributed by atoms with Crippen LogP contribution in [0.3, 0.4) is 0 Å². The van der Waals surface area contributed by atoms with E-state index < -0.39 is 0 Å². The van der Waals surface area contributed by atoms with E-state index in [1.165, 1.54) is 0 Å². The molecule has 0 atom stereocenters. The first-order valence-corrected chi connectivity index (χ1v) is 9.31. The standard InChI is InChI=1S/C24H13N4O/c1-13-16(12-25)23-27-17-9-2-3-11-19(17)28(23)24(29)20(13)22-15-8-4-6-14-7-5-10-18(26-22)21(14)15/h2-11H,1H3/q-1. The van der Waals surface area contributed by atoms with Crippen LogP contribution < -0.4 is 10.8 Å². The molecular weight excluding hydrogens is 360 g/mol. The van der Waals surface area contributed by atoms with Gasteiger partial charge in [0.25, 0.3) is 5.56 Å². The minimum absolute atomic E-state index is 0.200. The molecule has 0 N–H and O–H groups in total. The van der Waals surface area contributed by atoms with Crippen LogP contribution in [0, 0.1) is 6.92 Å². The zero-order valence-electron chi connectivity index (χ0n) is 15.5. The van der Waals surface area contributed by atoms with Crippen LogP contribution in [0.1, 0.15) is 16.7 Å². The quantitative estimate of drug-likeness (QED) is 0.415. The third-order valence-electron chi connectivity index (χ3n) is 5.67. The van der Waals surface area contributed by atoms with Gasteiger partial charge in [0.1, 0.15) is 0 Å². The van der Waals surface area contributed by atoms with Gasteiger partial charge >= 0.3 is 0 Å². The number of imidazole rings is 1. The van der Waals surface area contributed by atoms with Crippen LogP contribution in [-0.4, -0.2) is 21.0 Å². The number of aliphatic imine (C=N–C) groups is 1. The maximum Gasteiger partial charge on any atom is 0.266 e. The third-order valence-corrected chi connectivity index (χ3v) is 5.67. The molecule has 0 bridgehead atoms. The highest BCUT2D eigenvalue weighted by Crippen LogP contribution is 2.36. The summed E-state index contributed by atoms with van der Waals surface area (Å²) in [6, 6.07) is 19.4. The van der Waals surface area contributed by atoms with E-state index in [2.05, 4.69) is 10.9 Å². The highest BCUT2D eigenvalue weighted by molar-refractivity contribution is 6.26. The van der Waals surface area contributed by atoms with Gasteiger partial charge in [-0.2, -0.15) is 0 Å². The predicted molar refractivity (Wildman–Crippen MR) is 116 cm³/mol. The highest BCUT2D eigenvalue weighted by atomic mass is 16.1. The lowest BCUT2D eigenvalue weighted by atomic mass is 9.96. The second-order valence-electron chi connectivity index (χ2n) is 7.19. The van der Waals surface area contributed by atoms with Crippen molar-refractivity contribution in [2.75, 3.05) is 0 Å². The van der Waals surface area contributed by atoms with Crippen LogP contribution in [0.25, 0.3) is 32.9 Å². The summed E-state index contributed by atoms with van der Waals surface area (Å²) in [5.41, 5.74) is 5.05. The van der Waals surface area contributed by atoms with E-state index >= 15 is 0 Å². The van der Waals surface area contributed by atoms with Gasteiger partial charge in [-0.25, -0.2) is 9.98 Å². The Morgan fingerprint density at radius 2 is 1.79 bits per heavy atom. The number of rotatable bonds is 1. The van der Waals surface area contributed by atoms with E-state index in [0.29, 0.717) is 38.7 Å². The molecule has 0 unspecified atom stereocenters. The molecule has 0 spiro atoms. The molecule has 2 aromatic heterocycles. The van der Waals surface area contributed by atoms with Crippen LogP contribution in [0.5, 0.6) is 0 Å². The van der Waals surface area contributed by atoms with Crippen LogP contribution in [0.4, 0.5) is 5.69 Å². The lowest BCUT2D eigenvalue weighted by Gasteiger charge is -2.09. The smallest absolute Gasteiger partial charge is 0.266 e. The largest absolute Gasteiger partial charge is 0.763 e. The number of hydrogen-bond donors (Lipinski definition) is 0. The van der Waals surface area contributed by atoms with Gasteiger partial charge in [-0.15, -0.1) is 0 Å². The number of fused-ring (bicyclic) bond motifs is 3. The minimum Gasteiger partial charge on any atom is -0.763 e. The average Bonchev–Trinajstić information content (AvgIpc) is 3.29. The Bertz CT molecular complexity index is 1680. The topological polar surface area (TPSA) is 69.0 Å². The number of para-hydroxylation sites is 2. The van der Waals surface area contributed by atoms with Gasteiger partial charge in [0.05, 0.1) is 28.0 Å². The summed E-state index contributed by atoms with van der Waals surface area (Å²) in [6.07, 6.45) is 0. The van der Waals surface area contributed by atoms with Crippen molar-refractivity contribution < 1.29 is 0 Å². The van der Waals surface area contributed by atoms with Crippen molar-refractivity contribution in [2.24, 2.45) is 4.99 Å². The van der Waals surface area contributed by atoms with Gasteiger partial charge in [0, 0.05) is 16.2 Å². The number of aromatic nitrogens is 2. The molecule has 0 saturated carbocycles. The van der Waals surface area contributed by atoms with Crippen molar-refractivity contribution in [3.05, 3.63) is 98.3 Å². The zero-order chi connectivity index (χ0) is 19.7. The summed E-state index contributed by atoms with van der Waals surface area (Å²) >= 11 is 0. The zero-order valence-corrected chi connectivity index (χ0v) is 15.5. The highest BCUT2D eigenvalue weighted by Gasteiger charge is 2.25. The average molecular weight is 373 g/mol. The molecule has 3 aromatic carbocycles. The van der Waals surface area contributed by atoms with Crippen LogP contribution in [0.2, 0.25) is 0 Å². The SMILES string of the molecule is Cc1c(C2=Nc3cccc4cccc2c34)c(=O)n2c(nc3ccccc32)c1=C=[N-]. The third kappa shape index (κ3) is 1.94. The van der Waals surface area contributed by atoms with Gasteiger partial charge in [-0.1, -0.05) is 42.5 Å². The van der Waals surface area contributed by atoms with Crippen molar-refractivity contribution in [3.8, 4) is 0 Å². The van der Waals surface area contributed by atoms with E-state index in [4.69, 9.17) is 4.99 Å². The maximum absolute atomic E-state index is 13.7. The van der Waals surface area contributed by atoms with Gasteiger partial charge in [0.2, 0.25) is 0 Å². The summed E-state index contributed by atoms with van der Waals surface area (Å²) in [5.74, 6) is 2.26. The molecule has 0 fully saturated rings.